The molecule has 0 bridgehead atoms. The third-order valence-electron chi connectivity index (χ3n) is 2.91. The zero-order valence-corrected chi connectivity index (χ0v) is 11.2. The van der Waals surface area contributed by atoms with Gasteiger partial charge in [0.1, 0.15) is 5.82 Å². The van der Waals surface area contributed by atoms with Gasteiger partial charge in [-0.05, 0) is 6.42 Å². The molecule has 0 aromatic carbocycles. The third-order valence-corrected chi connectivity index (χ3v) is 2.91. The molecule has 1 aliphatic rings. The summed E-state index contributed by atoms with van der Waals surface area (Å²) in [6.07, 6.45) is 4.72. The lowest BCUT2D eigenvalue weighted by atomic mass is 10.3. The first-order valence-electron chi connectivity index (χ1n) is 6.62. The van der Waals surface area contributed by atoms with Gasteiger partial charge < -0.3 is 15.0 Å². The molecule has 0 amide bonds. The van der Waals surface area contributed by atoms with Crippen LogP contribution in [0.1, 0.15) is 26.0 Å². The minimum atomic E-state index is 0.460. The molecule has 2 heterocycles. The highest BCUT2D eigenvalue weighted by molar-refractivity contribution is 5.36. The zero-order chi connectivity index (χ0) is 12.8. The van der Waals surface area contributed by atoms with Crippen molar-refractivity contribution in [3.05, 3.63) is 18.1 Å². The van der Waals surface area contributed by atoms with Crippen molar-refractivity contribution in [2.24, 2.45) is 0 Å². The molecule has 0 unspecified atom stereocenters. The van der Waals surface area contributed by atoms with Crippen molar-refractivity contribution < 1.29 is 4.74 Å². The minimum absolute atomic E-state index is 0.460. The molecule has 18 heavy (non-hydrogen) atoms. The van der Waals surface area contributed by atoms with Crippen LogP contribution in [0.15, 0.2) is 12.4 Å². The van der Waals surface area contributed by atoms with Crippen molar-refractivity contribution in [3.8, 4) is 0 Å². The summed E-state index contributed by atoms with van der Waals surface area (Å²) in [4.78, 5) is 11.2. The van der Waals surface area contributed by atoms with Gasteiger partial charge in [-0.25, -0.2) is 4.98 Å². The first kappa shape index (κ1) is 13.2. The van der Waals surface area contributed by atoms with Crippen molar-refractivity contribution in [1.82, 2.24) is 15.3 Å². The van der Waals surface area contributed by atoms with Crippen LogP contribution < -0.4 is 10.2 Å². The topological polar surface area (TPSA) is 50.3 Å². The van der Waals surface area contributed by atoms with Crippen LogP contribution in [0.5, 0.6) is 0 Å². The third kappa shape index (κ3) is 3.92. The van der Waals surface area contributed by atoms with Crippen molar-refractivity contribution in [1.29, 1.82) is 0 Å². The van der Waals surface area contributed by atoms with E-state index in [1.165, 1.54) is 0 Å². The van der Waals surface area contributed by atoms with E-state index in [-0.39, 0.29) is 0 Å². The lowest BCUT2D eigenvalue weighted by molar-refractivity contribution is 0.152. The lowest BCUT2D eigenvalue weighted by Gasteiger charge is -2.20. The molecule has 1 fully saturated rings. The van der Waals surface area contributed by atoms with Crippen molar-refractivity contribution >= 4 is 5.82 Å². The highest BCUT2D eigenvalue weighted by atomic mass is 16.5. The predicted molar refractivity (Wildman–Crippen MR) is 71.7 cm³/mol. The number of rotatable bonds is 4. The van der Waals surface area contributed by atoms with Gasteiger partial charge >= 0.3 is 0 Å². The summed E-state index contributed by atoms with van der Waals surface area (Å²) < 4.78 is 5.45. The Labute approximate surface area is 109 Å². The largest absolute Gasteiger partial charge is 0.380 e. The molecule has 5 nitrogen and oxygen atoms in total. The molecule has 2 rings (SSSR count). The smallest absolute Gasteiger partial charge is 0.147 e. The van der Waals surface area contributed by atoms with Gasteiger partial charge in [0.05, 0.1) is 18.5 Å². The molecule has 0 aliphatic carbocycles. The average Bonchev–Trinajstić information content (AvgIpc) is 2.65. The highest BCUT2D eigenvalue weighted by Gasteiger charge is 2.12. The molecule has 1 aliphatic heterocycles. The van der Waals surface area contributed by atoms with Crippen LogP contribution >= 0.6 is 0 Å². The second kappa shape index (κ2) is 6.66. The van der Waals surface area contributed by atoms with Gasteiger partial charge in [0.15, 0.2) is 0 Å². The van der Waals surface area contributed by atoms with Gasteiger partial charge in [-0.2, -0.15) is 0 Å². The Hall–Kier alpha value is -1.20. The van der Waals surface area contributed by atoms with Gasteiger partial charge in [0.2, 0.25) is 0 Å². The Balaban J connectivity index is 2.01. The first-order valence-corrected chi connectivity index (χ1v) is 6.62. The van der Waals surface area contributed by atoms with E-state index in [9.17, 15) is 0 Å². The van der Waals surface area contributed by atoms with Crippen molar-refractivity contribution in [2.75, 3.05) is 31.2 Å². The highest BCUT2D eigenvalue weighted by Crippen LogP contribution is 2.12. The molecule has 5 heteroatoms. The van der Waals surface area contributed by atoms with Gasteiger partial charge in [-0.3, -0.25) is 4.98 Å². The van der Waals surface area contributed by atoms with Crippen LogP contribution in [0.4, 0.5) is 5.82 Å². The van der Waals surface area contributed by atoms with Crippen LogP contribution in [0, 0.1) is 0 Å². The van der Waals surface area contributed by atoms with Crippen LogP contribution in [0.2, 0.25) is 0 Å². The number of nitrogens with zero attached hydrogens (tertiary/aromatic N) is 3. The Kier molecular flexibility index (Phi) is 4.90. The molecule has 1 saturated heterocycles. The van der Waals surface area contributed by atoms with Crippen LogP contribution in [0.3, 0.4) is 0 Å². The monoisotopic (exact) mass is 250 g/mol. The summed E-state index contributed by atoms with van der Waals surface area (Å²) in [5, 5.41) is 3.36. The fraction of sp³-hybridized carbons (Fsp3) is 0.692. The number of anilines is 1. The maximum Gasteiger partial charge on any atom is 0.147 e. The molecule has 1 N–H and O–H groups in total. The minimum Gasteiger partial charge on any atom is -0.380 e. The summed E-state index contributed by atoms with van der Waals surface area (Å²) in [7, 11) is 0. The fourth-order valence-corrected chi connectivity index (χ4v) is 1.92. The van der Waals surface area contributed by atoms with E-state index in [4.69, 9.17) is 4.74 Å². The molecule has 0 saturated carbocycles. The fourth-order valence-electron chi connectivity index (χ4n) is 1.92. The number of hydrogen-bond donors (Lipinski definition) is 1. The number of ether oxygens (including phenoxy) is 1. The molecular formula is C13H22N4O. The Bertz CT molecular complexity index is 362. The van der Waals surface area contributed by atoms with E-state index in [0.717, 1.165) is 50.8 Å². The normalized spacial score (nSPS) is 16.9. The lowest BCUT2D eigenvalue weighted by Crippen LogP contribution is -2.28. The molecular weight excluding hydrogens is 228 g/mol. The van der Waals surface area contributed by atoms with E-state index in [2.05, 4.69) is 34.0 Å². The molecule has 1 aromatic heterocycles. The van der Waals surface area contributed by atoms with Gasteiger partial charge in [-0.1, -0.05) is 13.8 Å². The maximum absolute atomic E-state index is 5.45. The predicted octanol–water partition coefficient (Wildman–Crippen LogP) is 1.20. The average molecular weight is 250 g/mol. The van der Waals surface area contributed by atoms with Crippen LogP contribution in [-0.4, -0.2) is 42.3 Å². The van der Waals surface area contributed by atoms with Crippen LogP contribution in [-0.2, 0) is 11.3 Å². The second-order valence-electron chi connectivity index (χ2n) is 4.86. The Morgan fingerprint density at radius 1 is 1.33 bits per heavy atom. The van der Waals surface area contributed by atoms with E-state index < -0.39 is 0 Å². The van der Waals surface area contributed by atoms with Gasteiger partial charge in [0, 0.05) is 38.5 Å². The molecule has 0 radical (unpaired) electrons. The number of nitrogens with one attached hydrogen (secondary N) is 1. The molecule has 100 valence electrons. The number of hydrogen-bond acceptors (Lipinski definition) is 5. The van der Waals surface area contributed by atoms with E-state index in [0.29, 0.717) is 6.04 Å². The summed E-state index contributed by atoms with van der Waals surface area (Å²) in [6, 6.07) is 0.460. The SMILES string of the molecule is CC(C)NCc1cncc(N2CCCOCC2)n1. The quantitative estimate of drug-likeness (QED) is 0.870. The standard InChI is InChI=1S/C13H22N4O/c1-11(2)15-9-12-8-14-10-13(16-12)17-4-3-6-18-7-5-17/h8,10-11,15H,3-7,9H2,1-2H3. The summed E-state index contributed by atoms with van der Waals surface area (Å²) >= 11 is 0. The Morgan fingerprint density at radius 3 is 3.06 bits per heavy atom. The zero-order valence-electron chi connectivity index (χ0n) is 11.2. The van der Waals surface area contributed by atoms with E-state index >= 15 is 0 Å². The number of aromatic nitrogens is 2. The molecule has 0 spiro atoms. The van der Waals surface area contributed by atoms with Crippen molar-refractivity contribution in [2.45, 2.75) is 32.9 Å². The summed E-state index contributed by atoms with van der Waals surface area (Å²) in [5.41, 5.74) is 0.992. The van der Waals surface area contributed by atoms with E-state index in [1.807, 2.05) is 12.4 Å². The Morgan fingerprint density at radius 2 is 2.22 bits per heavy atom. The van der Waals surface area contributed by atoms with Gasteiger partial charge in [0.25, 0.3) is 0 Å². The van der Waals surface area contributed by atoms with Crippen molar-refractivity contribution in [3.63, 3.8) is 0 Å². The maximum atomic E-state index is 5.45. The second-order valence-corrected chi connectivity index (χ2v) is 4.86. The first-order chi connectivity index (χ1) is 8.75. The van der Waals surface area contributed by atoms with Crippen LogP contribution in [0.25, 0.3) is 0 Å². The summed E-state index contributed by atoms with van der Waals surface area (Å²) in [5.74, 6) is 0.962. The van der Waals surface area contributed by atoms with E-state index in [1.54, 1.807) is 0 Å². The molecule has 1 aromatic rings. The molecule has 0 atom stereocenters. The summed E-state index contributed by atoms with van der Waals surface area (Å²) in [6.45, 7) is 8.54. The van der Waals surface area contributed by atoms with Gasteiger partial charge in [-0.15, -0.1) is 0 Å².